The van der Waals surface area contributed by atoms with Crippen LogP contribution in [0.25, 0.3) is 0 Å². The van der Waals surface area contributed by atoms with Gasteiger partial charge in [-0.3, -0.25) is 0 Å². The van der Waals surface area contributed by atoms with Crippen LogP contribution in [0.3, 0.4) is 0 Å². The van der Waals surface area contributed by atoms with Crippen molar-refractivity contribution in [1.82, 2.24) is 9.88 Å². The van der Waals surface area contributed by atoms with Crippen LogP contribution in [0.4, 0.5) is 10.5 Å². The molecule has 1 aliphatic heterocycles. The van der Waals surface area contributed by atoms with Gasteiger partial charge in [0.25, 0.3) is 0 Å². The monoisotopic (exact) mass is 303 g/mol. The number of hydrogen-bond donors (Lipinski definition) is 1. The van der Waals surface area contributed by atoms with Gasteiger partial charge in [-0.05, 0) is 36.4 Å². The number of anilines is 1. The Bertz CT molecular complexity index is 615. The zero-order chi connectivity index (χ0) is 14.7. The second kappa shape index (κ2) is 6.13. The normalized spacial score (nSPS) is 17.8. The minimum Gasteiger partial charge on any atom is -0.480 e. The van der Waals surface area contributed by atoms with Crippen LogP contribution in [0.1, 0.15) is 23.8 Å². The maximum atomic E-state index is 12.5. The highest BCUT2D eigenvalue weighted by Crippen LogP contribution is 2.35. The fourth-order valence-electron chi connectivity index (χ4n) is 2.62. The number of nitrogens with one attached hydrogen (secondary N) is 1. The number of pyridine rings is 1. The maximum absolute atomic E-state index is 12.5. The number of amides is 2. The van der Waals surface area contributed by atoms with Gasteiger partial charge in [0, 0.05) is 17.6 Å². The first-order chi connectivity index (χ1) is 10.3. The number of likely N-dealkylation sites (tertiary alicyclic amines) is 1. The molecule has 3 rings (SSSR count). The Morgan fingerprint density at radius 1 is 1.48 bits per heavy atom. The third-order valence-corrected chi connectivity index (χ3v) is 4.56. The molecule has 6 heteroatoms. The molecule has 3 heterocycles. The molecule has 1 N–H and O–H groups in total. The molecule has 0 aliphatic carbocycles. The molecule has 1 fully saturated rings. The lowest BCUT2D eigenvalue weighted by Crippen LogP contribution is -2.34. The van der Waals surface area contributed by atoms with E-state index in [-0.39, 0.29) is 12.1 Å². The van der Waals surface area contributed by atoms with Crippen molar-refractivity contribution in [1.29, 1.82) is 0 Å². The van der Waals surface area contributed by atoms with Gasteiger partial charge in [-0.15, -0.1) is 11.3 Å². The lowest BCUT2D eigenvalue weighted by molar-refractivity contribution is 0.207. The summed E-state index contributed by atoms with van der Waals surface area (Å²) in [5.41, 5.74) is 0.599. The lowest BCUT2D eigenvalue weighted by atomic mass is 10.2. The minimum atomic E-state index is -0.0998. The van der Waals surface area contributed by atoms with Crippen molar-refractivity contribution in [2.75, 3.05) is 19.0 Å². The van der Waals surface area contributed by atoms with E-state index >= 15 is 0 Å². The van der Waals surface area contributed by atoms with Gasteiger partial charge in [-0.25, -0.2) is 9.78 Å². The SMILES string of the molecule is COc1ncccc1NC(=O)N1CCC[C@@H]1c1cccs1. The molecular weight excluding hydrogens is 286 g/mol. The summed E-state index contributed by atoms with van der Waals surface area (Å²) in [6, 6.07) is 7.76. The van der Waals surface area contributed by atoms with Gasteiger partial charge in [0.1, 0.15) is 5.69 Å². The van der Waals surface area contributed by atoms with Crippen LogP contribution in [0.5, 0.6) is 5.88 Å². The number of carbonyl (C=O) groups is 1. The smallest absolute Gasteiger partial charge is 0.322 e. The van der Waals surface area contributed by atoms with Crippen molar-refractivity contribution in [3.8, 4) is 5.88 Å². The molecule has 1 atom stereocenters. The predicted octanol–water partition coefficient (Wildman–Crippen LogP) is 3.52. The molecule has 0 bridgehead atoms. The molecule has 1 aliphatic rings. The Balaban J connectivity index is 1.75. The Morgan fingerprint density at radius 2 is 2.38 bits per heavy atom. The molecule has 21 heavy (non-hydrogen) atoms. The van der Waals surface area contributed by atoms with Crippen molar-refractivity contribution in [2.45, 2.75) is 18.9 Å². The van der Waals surface area contributed by atoms with Crippen molar-refractivity contribution >= 4 is 23.1 Å². The van der Waals surface area contributed by atoms with E-state index in [2.05, 4.69) is 16.4 Å². The molecule has 110 valence electrons. The van der Waals surface area contributed by atoms with E-state index in [0.29, 0.717) is 11.6 Å². The molecule has 0 spiro atoms. The van der Waals surface area contributed by atoms with Gasteiger partial charge in [-0.1, -0.05) is 6.07 Å². The van der Waals surface area contributed by atoms with Crippen molar-refractivity contribution in [3.05, 3.63) is 40.7 Å². The molecule has 2 aromatic rings. The number of aromatic nitrogens is 1. The number of urea groups is 1. The van der Waals surface area contributed by atoms with E-state index in [4.69, 9.17) is 4.74 Å². The summed E-state index contributed by atoms with van der Waals surface area (Å²) in [7, 11) is 1.54. The zero-order valence-corrected chi connectivity index (χ0v) is 12.6. The Labute approximate surface area is 127 Å². The van der Waals surface area contributed by atoms with Crippen molar-refractivity contribution in [3.63, 3.8) is 0 Å². The highest BCUT2D eigenvalue weighted by molar-refractivity contribution is 7.10. The molecule has 0 unspecified atom stereocenters. The van der Waals surface area contributed by atoms with Gasteiger partial charge in [0.15, 0.2) is 0 Å². The summed E-state index contributed by atoms with van der Waals surface area (Å²) in [4.78, 5) is 19.7. The van der Waals surface area contributed by atoms with Gasteiger partial charge in [0.05, 0.1) is 13.2 Å². The van der Waals surface area contributed by atoms with Gasteiger partial charge in [0.2, 0.25) is 5.88 Å². The van der Waals surface area contributed by atoms with Crippen LogP contribution in [-0.4, -0.2) is 29.6 Å². The molecule has 0 radical (unpaired) electrons. The topological polar surface area (TPSA) is 54.5 Å². The fourth-order valence-corrected chi connectivity index (χ4v) is 3.50. The van der Waals surface area contributed by atoms with Crippen LogP contribution >= 0.6 is 11.3 Å². The summed E-state index contributed by atoms with van der Waals surface area (Å²) in [5, 5.41) is 4.95. The predicted molar refractivity (Wildman–Crippen MR) is 82.8 cm³/mol. The second-order valence-corrected chi connectivity index (χ2v) is 5.84. The molecule has 0 aromatic carbocycles. The van der Waals surface area contributed by atoms with E-state index in [1.807, 2.05) is 16.3 Å². The first kappa shape index (κ1) is 13.9. The molecule has 2 aromatic heterocycles. The van der Waals surface area contributed by atoms with E-state index in [0.717, 1.165) is 19.4 Å². The standard InChI is InChI=1S/C15H17N3O2S/c1-20-14-11(5-2-8-16-14)17-15(19)18-9-3-6-12(18)13-7-4-10-21-13/h2,4-5,7-8,10,12H,3,6,9H2,1H3,(H,17,19)/t12-/m1/s1. The third kappa shape index (κ3) is 2.85. The second-order valence-electron chi connectivity index (χ2n) is 4.86. The minimum absolute atomic E-state index is 0.0998. The summed E-state index contributed by atoms with van der Waals surface area (Å²) in [6.07, 6.45) is 3.68. The van der Waals surface area contributed by atoms with Crippen LogP contribution in [-0.2, 0) is 0 Å². The van der Waals surface area contributed by atoms with Gasteiger partial charge in [-0.2, -0.15) is 0 Å². The first-order valence-electron chi connectivity index (χ1n) is 6.89. The average molecular weight is 303 g/mol. The largest absolute Gasteiger partial charge is 0.480 e. The quantitative estimate of drug-likeness (QED) is 0.944. The van der Waals surface area contributed by atoms with E-state index < -0.39 is 0 Å². The maximum Gasteiger partial charge on any atom is 0.322 e. The molecule has 1 saturated heterocycles. The lowest BCUT2D eigenvalue weighted by Gasteiger charge is -2.24. The molecule has 5 nitrogen and oxygen atoms in total. The van der Waals surface area contributed by atoms with Gasteiger partial charge >= 0.3 is 6.03 Å². The Morgan fingerprint density at radius 3 is 3.14 bits per heavy atom. The third-order valence-electron chi connectivity index (χ3n) is 3.59. The summed E-state index contributed by atoms with van der Waals surface area (Å²) in [6.45, 7) is 0.775. The van der Waals surface area contributed by atoms with Crippen molar-refractivity contribution < 1.29 is 9.53 Å². The van der Waals surface area contributed by atoms with Crippen LogP contribution in [0.2, 0.25) is 0 Å². The number of carbonyl (C=O) groups excluding carboxylic acids is 1. The summed E-state index contributed by atoms with van der Waals surface area (Å²) >= 11 is 1.70. The first-order valence-corrected chi connectivity index (χ1v) is 7.77. The summed E-state index contributed by atoms with van der Waals surface area (Å²) in [5.74, 6) is 0.428. The number of ether oxygens (including phenoxy) is 1. The number of rotatable bonds is 3. The summed E-state index contributed by atoms with van der Waals surface area (Å²) < 4.78 is 5.17. The average Bonchev–Trinajstić information content (AvgIpc) is 3.18. The number of hydrogen-bond acceptors (Lipinski definition) is 4. The molecular formula is C15H17N3O2S. The molecule has 0 saturated carbocycles. The Kier molecular flexibility index (Phi) is 4.06. The van der Waals surface area contributed by atoms with Crippen LogP contribution < -0.4 is 10.1 Å². The number of methoxy groups -OCH3 is 1. The van der Waals surface area contributed by atoms with E-state index in [1.54, 1.807) is 36.8 Å². The highest BCUT2D eigenvalue weighted by Gasteiger charge is 2.30. The number of thiophene rings is 1. The zero-order valence-electron chi connectivity index (χ0n) is 11.8. The Hall–Kier alpha value is -2.08. The van der Waals surface area contributed by atoms with E-state index in [1.165, 1.54) is 4.88 Å². The van der Waals surface area contributed by atoms with Crippen LogP contribution in [0.15, 0.2) is 35.8 Å². The molecule has 2 amide bonds. The van der Waals surface area contributed by atoms with Crippen LogP contribution in [0, 0.1) is 0 Å². The van der Waals surface area contributed by atoms with E-state index in [9.17, 15) is 4.79 Å². The highest BCUT2D eigenvalue weighted by atomic mass is 32.1. The number of nitrogens with zero attached hydrogens (tertiary/aromatic N) is 2. The van der Waals surface area contributed by atoms with Gasteiger partial charge < -0.3 is 15.0 Å². The fraction of sp³-hybridized carbons (Fsp3) is 0.333. The van der Waals surface area contributed by atoms with Crippen molar-refractivity contribution in [2.24, 2.45) is 0 Å².